The number of ether oxygens (including phenoxy) is 2. The number of hydrogen-bond acceptors (Lipinski definition) is 4. The number of hydrogen-bond donors (Lipinski definition) is 2. The lowest BCUT2D eigenvalue weighted by Crippen LogP contribution is -3.08. The Morgan fingerprint density at radius 1 is 1.35 bits per heavy atom. The van der Waals surface area contributed by atoms with Crippen molar-refractivity contribution in [2.75, 3.05) is 32.1 Å². The van der Waals surface area contributed by atoms with Crippen LogP contribution in [0.2, 0.25) is 0 Å². The molecule has 0 aliphatic carbocycles. The van der Waals surface area contributed by atoms with Gasteiger partial charge >= 0.3 is 0 Å². The van der Waals surface area contributed by atoms with Crippen LogP contribution in [0.15, 0.2) is 24.3 Å². The Morgan fingerprint density at radius 3 is 2.71 bits per heavy atom. The predicted molar refractivity (Wildman–Crippen MR) is 119 cm³/mol. The minimum atomic E-state index is -0.106. The highest BCUT2D eigenvalue weighted by Crippen LogP contribution is 2.28. The van der Waals surface area contributed by atoms with Gasteiger partial charge < -0.3 is 24.3 Å². The fraction of sp³-hybridized carbons (Fsp3) is 0.500. The average molecular weight is 426 g/mol. The first-order valence-electron chi connectivity index (χ1n) is 11.0. The molecule has 1 unspecified atom stereocenters. The molecule has 3 rings (SSSR count). The van der Waals surface area contributed by atoms with Crippen LogP contribution in [0.5, 0.6) is 5.75 Å². The summed E-state index contributed by atoms with van der Waals surface area (Å²) in [6.45, 7) is 8.98. The summed E-state index contributed by atoms with van der Waals surface area (Å²) in [5.41, 5.74) is 3.58. The number of nitrogens with one attached hydrogen (secondary N) is 2. The van der Waals surface area contributed by atoms with E-state index in [1.807, 2.05) is 56.7 Å². The van der Waals surface area contributed by atoms with Gasteiger partial charge in [0.15, 0.2) is 6.54 Å². The standard InChI is InChI=1S/C24H32N4O3/c1-5-30-20-10-8-19(9-11-20)14-27(4)16-23(29)26-24-22(13-25)17(2)18(3)28(24)15-21-7-6-12-31-21/h8-11,21H,5-7,12,14-16H2,1-4H3,(H,26,29)/p+1/t21-/m0/s1. The summed E-state index contributed by atoms with van der Waals surface area (Å²) in [5, 5.41) is 12.7. The van der Waals surface area contributed by atoms with Gasteiger partial charge in [0.05, 0.1) is 31.9 Å². The van der Waals surface area contributed by atoms with Gasteiger partial charge in [-0.3, -0.25) is 4.79 Å². The Labute approximate surface area is 184 Å². The summed E-state index contributed by atoms with van der Waals surface area (Å²) in [6, 6.07) is 10.2. The number of quaternary nitrogens is 1. The van der Waals surface area contributed by atoms with Crippen LogP contribution in [0.3, 0.4) is 0 Å². The van der Waals surface area contributed by atoms with E-state index >= 15 is 0 Å². The van der Waals surface area contributed by atoms with Gasteiger partial charge in [-0.1, -0.05) is 0 Å². The molecule has 0 saturated carbocycles. The predicted octanol–water partition coefficient (Wildman–Crippen LogP) is 2.21. The third-order valence-corrected chi connectivity index (χ3v) is 5.81. The van der Waals surface area contributed by atoms with Gasteiger partial charge in [-0.25, -0.2) is 0 Å². The third-order valence-electron chi connectivity index (χ3n) is 5.81. The number of amides is 1. The summed E-state index contributed by atoms with van der Waals surface area (Å²) in [4.78, 5) is 13.9. The maximum Gasteiger partial charge on any atom is 0.280 e. The molecule has 31 heavy (non-hydrogen) atoms. The Bertz CT molecular complexity index is 937. The van der Waals surface area contributed by atoms with Crippen molar-refractivity contribution in [3.05, 3.63) is 46.6 Å². The number of nitrogens with zero attached hydrogens (tertiary/aromatic N) is 2. The quantitative estimate of drug-likeness (QED) is 0.646. The smallest absolute Gasteiger partial charge is 0.280 e. The molecule has 0 spiro atoms. The van der Waals surface area contributed by atoms with Gasteiger partial charge in [-0.05, 0) is 63.4 Å². The summed E-state index contributed by atoms with van der Waals surface area (Å²) >= 11 is 0. The van der Waals surface area contributed by atoms with Crippen molar-refractivity contribution >= 4 is 11.7 Å². The fourth-order valence-corrected chi connectivity index (χ4v) is 4.08. The van der Waals surface area contributed by atoms with Crippen molar-refractivity contribution in [3.63, 3.8) is 0 Å². The molecular formula is C24H33N4O3+. The molecule has 7 heteroatoms. The van der Waals surface area contributed by atoms with E-state index in [2.05, 4.69) is 11.4 Å². The van der Waals surface area contributed by atoms with Crippen LogP contribution in [0.25, 0.3) is 0 Å². The highest BCUT2D eigenvalue weighted by atomic mass is 16.5. The first kappa shape index (κ1) is 22.9. The van der Waals surface area contributed by atoms with E-state index in [0.717, 1.165) is 53.5 Å². The Hall–Kier alpha value is -2.82. The van der Waals surface area contributed by atoms with E-state index in [4.69, 9.17) is 9.47 Å². The molecule has 7 nitrogen and oxygen atoms in total. The lowest BCUT2D eigenvalue weighted by Gasteiger charge is -2.18. The molecule has 1 aromatic carbocycles. The second-order valence-corrected chi connectivity index (χ2v) is 8.23. The molecule has 1 saturated heterocycles. The van der Waals surface area contributed by atoms with Crippen LogP contribution in [0.1, 0.15) is 42.1 Å². The molecule has 2 atom stereocenters. The lowest BCUT2D eigenvalue weighted by atomic mass is 10.2. The van der Waals surface area contributed by atoms with Gasteiger partial charge in [-0.2, -0.15) is 5.26 Å². The second-order valence-electron chi connectivity index (χ2n) is 8.23. The number of aromatic nitrogens is 1. The average Bonchev–Trinajstić information content (AvgIpc) is 3.32. The van der Waals surface area contributed by atoms with Crippen LogP contribution in [0.4, 0.5) is 5.82 Å². The van der Waals surface area contributed by atoms with Crippen LogP contribution in [-0.2, 0) is 22.6 Å². The Kier molecular flexibility index (Phi) is 7.72. The molecule has 1 aliphatic rings. The molecule has 1 aliphatic heterocycles. The first-order valence-corrected chi connectivity index (χ1v) is 11.0. The second kappa shape index (κ2) is 10.5. The summed E-state index contributed by atoms with van der Waals surface area (Å²) < 4.78 is 13.3. The first-order chi connectivity index (χ1) is 14.9. The van der Waals surface area contributed by atoms with Crippen molar-refractivity contribution in [2.24, 2.45) is 0 Å². The van der Waals surface area contributed by atoms with Gasteiger partial charge in [0.2, 0.25) is 0 Å². The van der Waals surface area contributed by atoms with E-state index in [1.54, 1.807) is 0 Å². The number of nitriles is 1. The largest absolute Gasteiger partial charge is 0.494 e. The number of carbonyl (C=O) groups excluding carboxylic acids is 1. The van der Waals surface area contributed by atoms with Crippen molar-refractivity contribution in [1.82, 2.24) is 4.57 Å². The van der Waals surface area contributed by atoms with Crippen molar-refractivity contribution < 1.29 is 19.2 Å². The maximum absolute atomic E-state index is 12.8. The van der Waals surface area contributed by atoms with Crippen LogP contribution in [0, 0.1) is 25.2 Å². The van der Waals surface area contributed by atoms with Gasteiger partial charge in [0.1, 0.15) is 24.2 Å². The third kappa shape index (κ3) is 5.66. The zero-order valence-corrected chi connectivity index (χ0v) is 19.0. The summed E-state index contributed by atoms with van der Waals surface area (Å²) in [5.74, 6) is 1.33. The van der Waals surface area contributed by atoms with Crippen molar-refractivity contribution in [1.29, 1.82) is 5.26 Å². The van der Waals surface area contributed by atoms with Crippen LogP contribution >= 0.6 is 0 Å². The molecular weight excluding hydrogens is 392 g/mol. The number of likely N-dealkylation sites (N-methyl/N-ethyl adjacent to an activating group) is 1. The summed E-state index contributed by atoms with van der Waals surface area (Å²) in [7, 11) is 1.99. The van der Waals surface area contributed by atoms with Gasteiger partial charge in [0.25, 0.3) is 5.91 Å². The van der Waals surface area contributed by atoms with E-state index in [-0.39, 0.29) is 12.0 Å². The monoisotopic (exact) mass is 425 g/mol. The van der Waals surface area contributed by atoms with E-state index < -0.39 is 0 Å². The van der Waals surface area contributed by atoms with Gasteiger partial charge in [0, 0.05) is 17.9 Å². The number of benzene rings is 1. The van der Waals surface area contributed by atoms with E-state index in [0.29, 0.717) is 31.1 Å². The molecule has 1 fully saturated rings. The summed E-state index contributed by atoms with van der Waals surface area (Å²) in [6.07, 6.45) is 2.18. The molecule has 2 aromatic rings. The SMILES string of the molecule is CCOc1ccc(C[NH+](C)CC(=O)Nc2c(C#N)c(C)c(C)n2C[C@@H]2CCCO2)cc1. The molecule has 0 bridgehead atoms. The normalized spacial score (nSPS) is 16.7. The number of anilines is 1. The maximum atomic E-state index is 12.8. The molecule has 1 amide bonds. The number of rotatable bonds is 9. The van der Waals surface area contributed by atoms with Crippen LogP contribution in [-0.4, -0.2) is 43.4 Å². The Morgan fingerprint density at radius 2 is 2.10 bits per heavy atom. The highest BCUT2D eigenvalue weighted by molar-refractivity contribution is 5.92. The van der Waals surface area contributed by atoms with Crippen molar-refractivity contribution in [2.45, 2.75) is 52.8 Å². The minimum Gasteiger partial charge on any atom is -0.494 e. The fourth-order valence-electron chi connectivity index (χ4n) is 4.08. The minimum absolute atomic E-state index is 0.106. The molecule has 1 aromatic heterocycles. The molecule has 0 radical (unpaired) electrons. The topological polar surface area (TPSA) is 80.7 Å². The molecule has 166 valence electrons. The van der Waals surface area contributed by atoms with Gasteiger partial charge in [-0.15, -0.1) is 0 Å². The Balaban J connectivity index is 1.66. The molecule has 2 N–H and O–H groups in total. The van der Waals surface area contributed by atoms with Crippen LogP contribution < -0.4 is 15.0 Å². The lowest BCUT2D eigenvalue weighted by molar-refractivity contribution is -0.885. The zero-order valence-electron chi connectivity index (χ0n) is 19.0. The van der Waals surface area contributed by atoms with E-state index in [1.165, 1.54) is 0 Å². The van der Waals surface area contributed by atoms with E-state index in [9.17, 15) is 10.1 Å². The number of carbonyl (C=O) groups is 1. The highest BCUT2D eigenvalue weighted by Gasteiger charge is 2.24. The zero-order chi connectivity index (χ0) is 22.4. The molecule has 2 heterocycles. The van der Waals surface area contributed by atoms with Crippen molar-refractivity contribution in [3.8, 4) is 11.8 Å².